The summed E-state index contributed by atoms with van der Waals surface area (Å²) in [6.45, 7) is 12.5. The van der Waals surface area contributed by atoms with Crippen LogP contribution in [-0.4, -0.2) is 23.7 Å². The van der Waals surface area contributed by atoms with E-state index in [2.05, 4.69) is 61.5 Å². The Morgan fingerprint density at radius 1 is 1.14 bits per heavy atom. The smallest absolute Gasteiger partial charge is 0.252 e. The molecule has 0 saturated heterocycles. The third kappa shape index (κ3) is 5.22. The molecule has 1 aromatic heterocycles. The van der Waals surface area contributed by atoms with Crippen LogP contribution in [0.25, 0.3) is 10.2 Å². The van der Waals surface area contributed by atoms with Gasteiger partial charge in [0.15, 0.2) is 4.80 Å². The molecule has 3 rings (SSSR count). The van der Waals surface area contributed by atoms with E-state index in [0.717, 1.165) is 20.6 Å². The Morgan fingerprint density at radius 3 is 2.48 bits per heavy atom. The van der Waals surface area contributed by atoms with Gasteiger partial charge in [0.25, 0.3) is 5.91 Å². The molecule has 154 valence electrons. The summed E-state index contributed by atoms with van der Waals surface area (Å²) in [7, 11) is 0. The summed E-state index contributed by atoms with van der Waals surface area (Å²) in [4.78, 5) is 17.9. The molecule has 0 bridgehead atoms. The van der Waals surface area contributed by atoms with Gasteiger partial charge < -0.3 is 9.30 Å². The van der Waals surface area contributed by atoms with Crippen LogP contribution in [0.5, 0.6) is 0 Å². The summed E-state index contributed by atoms with van der Waals surface area (Å²) in [6.07, 6.45) is 0.316. The van der Waals surface area contributed by atoms with Gasteiger partial charge in [-0.25, -0.2) is 0 Å². The van der Waals surface area contributed by atoms with Gasteiger partial charge in [0.1, 0.15) is 0 Å². The summed E-state index contributed by atoms with van der Waals surface area (Å²) in [5.74, 6) is 0.367. The number of benzene rings is 2. The average Bonchev–Trinajstić information content (AvgIpc) is 2.99. The fourth-order valence-electron chi connectivity index (χ4n) is 3.26. The minimum atomic E-state index is -0.118. The van der Waals surface area contributed by atoms with Gasteiger partial charge in [-0.2, -0.15) is 4.99 Å². The number of thiazole rings is 1. The minimum absolute atomic E-state index is 0.118. The Balaban J connectivity index is 1.92. The van der Waals surface area contributed by atoms with E-state index in [0.29, 0.717) is 32.1 Å². The van der Waals surface area contributed by atoms with Gasteiger partial charge in [-0.05, 0) is 61.1 Å². The van der Waals surface area contributed by atoms with E-state index in [1.54, 1.807) is 11.3 Å². The fourth-order valence-corrected chi connectivity index (χ4v) is 4.42. The van der Waals surface area contributed by atoms with Crippen LogP contribution in [0.2, 0.25) is 0 Å². The zero-order valence-corrected chi connectivity index (χ0v) is 18.8. The number of ether oxygens (including phenoxy) is 1. The van der Waals surface area contributed by atoms with Crippen molar-refractivity contribution in [1.29, 1.82) is 0 Å². The standard InChI is InChI=1S/C24H30N2O2S/c1-6-28-12-11-26-21-13-17(4)18(5)14-22(21)29-24(26)25-23(27)15-19-7-9-20(10-8-19)16(2)3/h7-10,13-14,16H,6,11-12,15H2,1-5H3. The van der Waals surface area contributed by atoms with Crippen LogP contribution in [0.15, 0.2) is 41.4 Å². The van der Waals surface area contributed by atoms with Crippen molar-refractivity contribution in [2.45, 2.75) is 53.5 Å². The molecule has 1 heterocycles. The Labute approximate surface area is 176 Å². The lowest BCUT2D eigenvalue weighted by Gasteiger charge is -2.07. The van der Waals surface area contributed by atoms with Crippen molar-refractivity contribution in [1.82, 2.24) is 4.57 Å². The second-order valence-electron chi connectivity index (χ2n) is 7.72. The number of hydrogen-bond acceptors (Lipinski definition) is 3. The molecule has 5 heteroatoms. The molecule has 0 saturated carbocycles. The number of nitrogens with zero attached hydrogens (tertiary/aromatic N) is 2. The Morgan fingerprint density at radius 2 is 1.83 bits per heavy atom. The quantitative estimate of drug-likeness (QED) is 0.506. The van der Waals surface area contributed by atoms with Crippen molar-refractivity contribution in [3.05, 3.63) is 63.5 Å². The predicted octanol–water partition coefficient (Wildman–Crippen LogP) is 5.15. The van der Waals surface area contributed by atoms with Gasteiger partial charge in [-0.1, -0.05) is 49.4 Å². The summed E-state index contributed by atoms with van der Waals surface area (Å²) < 4.78 is 8.82. The maximum atomic E-state index is 12.7. The first-order valence-electron chi connectivity index (χ1n) is 10.2. The Kier molecular flexibility index (Phi) is 7.04. The summed E-state index contributed by atoms with van der Waals surface area (Å²) in [6, 6.07) is 12.6. The number of fused-ring (bicyclic) bond motifs is 1. The van der Waals surface area contributed by atoms with E-state index in [-0.39, 0.29) is 5.91 Å². The fraction of sp³-hybridized carbons (Fsp3) is 0.417. The van der Waals surface area contributed by atoms with Crippen molar-refractivity contribution in [3.63, 3.8) is 0 Å². The highest BCUT2D eigenvalue weighted by atomic mass is 32.1. The lowest BCUT2D eigenvalue weighted by atomic mass is 10.0. The lowest BCUT2D eigenvalue weighted by Crippen LogP contribution is -2.20. The van der Waals surface area contributed by atoms with E-state index in [9.17, 15) is 4.79 Å². The van der Waals surface area contributed by atoms with Crippen LogP contribution >= 0.6 is 11.3 Å². The number of carbonyl (C=O) groups excluding carboxylic acids is 1. The molecule has 2 aromatic carbocycles. The number of rotatable bonds is 7. The van der Waals surface area contributed by atoms with Crippen LogP contribution in [-0.2, 0) is 22.5 Å². The van der Waals surface area contributed by atoms with Crippen molar-refractivity contribution in [2.75, 3.05) is 13.2 Å². The average molecular weight is 411 g/mol. The number of hydrogen-bond donors (Lipinski definition) is 0. The molecule has 0 unspecified atom stereocenters. The maximum Gasteiger partial charge on any atom is 0.252 e. The SMILES string of the molecule is CCOCCn1c(=NC(=O)Cc2ccc(C(C)C)cc2)sc2cc(C)c(C)cc21. The summed E-state index contributed by atoms with van der Waals surface area (Å²) >= 11 is 1.57. The molecule has 1 amide bonds. The largest absolute Gasteiger partial charge is 0.380 e. The van der Waals surface area contributed by atoms with E-state index < -0.39 is 0 Å². The molecule has 0 aliphatic carbocycles. The molecule has 3 aromatic rings. The van der Waals surface area contributed by atoms with Gasteiger partial charge in [0.2, 0.25) is 0 Å². The number of aryl methyl sites for hydroxylation is 2. The van der Waals surface area contributed by atoms with Crippen molar-refractivity contribution >= 4 is 27.5 Å². The molecule has 0 radical (unpaired) electrons. The van der Waals surface area contributed by atoms with Crippen LogP contribution < -0.4 is 4.80 Å². The second kappa shape index (κ2) is 9.51. The van der Waals surface area contributed by atoms with Crippen LogP contribution in [0.1, 0.15) is 48.9 Å². The molecule has 0 atom stereocenters. The van der Waals surface area contributed by atoms with E-state index >= 15 is 0 Å². The van der Waals surface area contributed by atoms with Crippen molar-refractivity contribution in [3.8, 4) is 0 Å². The van der Waals surface area contributed by atoms with Crippen molar-refractivity contribution in [2.24, 2.45) is 4.99 Å². The predicted molar refractivity (Wildman–Crippen MR) is 121 cm³/mol. The van der Waals surface area contributed by atoms with Gasteiger partial charge in [0.05, 0.1) is 23.2 Å². The molecule has 29 heavy (non-hydrogen) atoms. The van der Waals surface area contributed by atoms with Gasteiger partial charge in [0, 0.05) is 13.2 Å². The molecular formula is C24H30N2O2S. The van der Waals surface area contributed by atoms with Crippen molar-refractivity contribution < 1.29 is 9.53 Å². The third-order valence-corrected chi connectivity index (χ3v) is 6.22. The number of aromatic nitrogens is 1. The molecule has 4 nitrogen and oxygen atoms in total. The maximum absolute atomic E-state index is 12.7. The van der Waals surface area contributed by atoms with E-state index in [1.165, 1.54) is 16.7 Å². The molecule has 0 fully saturated rings. The lowest BCUT2D eigenvalue weighted by molar-refractivity contribution is -0.117. The van der Waals surface area contributed by atoms with E-state index in [4.69, 9.17) is 4.74 Å². The monoisotopic (exact) mass is 410 g/mol. The highest BCUT2D eigenvalue weighted by Crippen LogP contribution is 2.22. The first kappa shape index (κ1) is 21.5. The molecular weight excluding hydrogens is 380 g/mol. The summed E-state index contributed by atoms with van der Waals surface area (Å²) in [5, 5.41) is 0. The van der Waals surface area contributed by atoms with Gasteiger partial charge >= 0.3 is 0 Å². The Hall–Kier alpha value is -2.24. The molecule has 0 aliphatic rings. The molecule has 0 aliphatic heterocycles. The zero-order valence-electron chi connectivity index (χ0n) is 18.0. The molecule has 0 spiro atoms. The Bertz CT molecular complexity index is 1060. The second-order valence-corrected chi connectivity index (χ2v) is 8.73. The zero-order chi connectivity index (χ0) is 21.0. The van der Waals surface area contributed by atoms with Gasteiger partial charge in [-0.15, -0.1) is 0 Å². The highest BCUT2D eigenvalue weighted by Gasteiger charge is 2.10. The third-order valence-electron chi connectivity index (χ3n) is 5.18. The van der Waals surface area contributed by atoms with Crippen LogP contribution in [0, 0.1) is 13.8 Å². The minimum Gasteiger partial charge on any atom is -0.380 e. The topological polar surface area (TPSA) is 43.6 Å². The van der Waals surface area contributed by atoms with E-state index in [1.807, 2.05) is 19.1 Å². The summed E-state index contributed by atoms with van der Waals surface area (Å²) in [5.41, 5.74) is 5.88. The first-order valence-corrected chi connectivity index (χ1v) is 11.1. The first-order chi connectivity index (χ1) is 13.9. The van der Waals surface area contributed by atoms with Crippen LogP contribution in [0.4, 0.5) is 0 Å². The normalized spacial score (nSPS) is 12.3. The highest BCUT2D eigenvalue weighted by molar-refractivity contribution is 7.16. The van der Waals surface area contributed by atoms with Crippen LogP contribution in [0.3, 0.4) is 0 Å². The molecule has 0 N–H and O–H groups in total. The van der Waals surface area contributed by atoms with Gasteiger partial charge in [-0.3, -0.25) is 4.79 Å². The number of amides is 1. The number of carbonyl (C=O) groups is 1.